The molecule has 0 bridgehead atoms. The third-order valence-electron chi connectivity index (χ3n) is 3.82. The predicted molar refractivity (Wildman–Crippen MR) is 102 cm³/mol. The lowest BCUT2D eigenvalue weighted by Gasteiger charge is -2.19. The van der Waals surface area contributed by atoms with Crippen LogP contribution in [0.4, 0.5) is 0 Å². The number of nitrogens with one attached hydrogen (secondary N) is 2. The Labute approximate surface area is 158 Å². The second kappa shape index (κ2) is 8.23. The molecule has 0 atom stereocenters. The molecule has 0 aromatic heterocycles. The van der Waals surface area contributed by atoms with Gasteiger partial charge in [0.25, 0.3) is 11.8 Å². The van der Waals surface area contributed by atoms with Crippen LogP contribution < -0.4 is 15.6 Å². The van der Waals surface area contributed by atoms with Crippen LogP contribution in [0.2, 0.25) is 5.02 Å². The zero-order chi connectivity index (χ0) is 19.3. The molecule has 2 aromatic carbocycles. The number of hydrazine groups is 1. The highest BCUT2D eigenvalue weighted by molar-refractivity contribution is 6.30. The predicted octanol–water partition coefficient (Wildman–Crippen LogP) is 3.79. The van der Waals surface area contributed by atoms with Crippen LogP contribution in [0.15, 0.2) is 42.5 Å². The molecule has 2 amide bonds. The maximum Gasteiger partial charge on any atom is 0.276 e. The molecular weight excluding hydrogens is 352 g/mol. The van der Waals surface area contributed by atoms with E-state index in [0.29, 0.717) is 16.3 Å². The van der Waals surface area contributed by atoms with Crippen LogP contribution in [-0.2, 0) is 10.2 Å². The van der Waals surface area contributed by atoms with Gasteiger partial charge in [0.05, 0.1) is 0 Å². The Kier molecular flexibility index (Phi) is 6.27. The highest BCUT2D eigenvalue weighted by Gasteiger charge is 2.14. The monoisotopic (exact) mass is 374 g/mol. The number of hydrogen-bond acceptors (Lipinski definition) is 3. The van der Waals surface area contributed by atoms with Crippen molar-refractivity contribution in [2.75, 3.05) is 6.61 Å². The van der Waals surface area contributed by atoms with Gasteiger partial charge in [-0.1, -0.05) is 44.5 Å². The molecule has 2 rings (SSSR count). The molecular formula is C20H23ClN2O3. The first-order valence-corrected chi connectivity index (χ1v) is 8.63. The summed E-state index contributed by atoms with van der Waals surface area (Å²) in [5.74, 6) is -0.283. The molecule has 0 aliphatic heterocycles. The number of benzene rings is 2. The van der Waals surface area contributed by atoms with E-state index >= 15 is 0 Å². The molecule has 0 unspecified atom stereocenters. The van der Waals surface area contributed by atoms with E-state index in [1.807, 2.05) is 19.1 Å². The standard InChI is InChI=1S/C20H23ClN2O3/c1-13-11-16(21)9-10-17(13)26-12-18(24)22-23-19(25)14-5-7-15(8-6-14)20(2,3)4/h5-11H,12H2,1-4H3,(H,22,24)(H,23,25). The zero-order valence-electron chi connectivity index (χ0n) is 15.4. The Bertz CT molecular complexity index is 796. The molecule has 0 radical (unpaired) electrons. The quantitative estimate of drug-likeness (QED) is 0.800. The van der Waals surface area contributed by atoms with E-state index in [-0.39, 0.29) is 17.9 Å². The van der Waals surface area contributed by atoms with Crippen molar-refractivity contribution in [3.63, 3.8) is 0 Å². The summed E-state index contributed by atoms with van der Waals surface area (Å²) in [5.41, 5.74) is 7.15. The second-order valence-corrected chi connectivity index (χ2v) is 7.46. The first-order valence-electron chi connectivity index (χ1n) is 8.25. The molecule has 0 spiro atoms. The molecule has 0 saturated carbocycles. The van der Waals surface area contributed by atoms with Crippen molar-refractivity contribution in [1.29, 1.82) is 0 Å². The van der Waals surface area contributed by atoms with Gasteiger partial charge in [0, 0.05) is 10.6 Å². The fourth-order valence-corrected chi connectivity index (χ4v) is 2.50. The van der Waals surface area contributed by atoms with Gasteiger partial charge in [0.1, 0.15) is 5.75 Å². The number of hydrogen-bond donors (Lipinski definition) is 2. The summed E-state index contributed by atoms with van der Waals surface area (Å²) < 4.78 is 5.42. The molecule has 0 aliphatic carbocycles. The molecule has 0 saturated heterocycles. The van der Waals surface area contributed by atoms with Crippen LogP contribution in [0.25, 0.3) is 0 Å². The third kappa shape index (κ3) is 5.49. The lowest BCUT2D eigenvalue weighted by molar-refractivity contribution is -0.123. The van der Waals surface area contributed by atoms with Crippen LogP contribution in [-0.4, -0.2) is 18.4 Å². The van der Waals surface area contributed by atoms with Gasteiger partial charge in [-0.05, 0) is 53.8 Å². The average molecular weight is 375 g/mol. The molecule has 26 heavy (non-hydrogen) atoms. The zero-order valence-corrected chi connectivity index (χ0v) is 16.1. The maximum absolute atomic E-state index is 12.1. The summed E-state index contributed by atoms with van der Waals surface area (Å²) in [4.78, 5) is 23.9. The van der Waals surface area contributed by atoms with Crippen molar-refractivity contribution in [2.45, 2.75) is 33.1 Å². The Morgan fingerprint density at radius 1 is 1.04 bits per heavy atom. The normalized spacial score (nSPS) is 11.0. The summed E-state index contributed by atoms with van der Waals surface area (Å²) >= 11 is 5.87. The summed E-state index contributed by atoms with van der Waals surface area (Å²) in [6.07, 6.45) is 0. The fraction of sp³-hybridized carbons (Fsp3) is 0.300. The largest absolute Gasteiger partial charge is 0.483 e. The van der Waals surface area contributed by atoms with E-state index in [0.717, 1.165) is 11.1 Å². The van der Waals surface area contributed by atoms with Crippen molar-refractivity contribution >= 4 is 23.4 Å². The Morgan fingerprint density at radius 3 is 2.27 bits per heavy atom. The number of carbonyl (C=O) groups excluding carboxylic acids is 2. The van der Waals surface area contributed by atoms with Gasteiger partial charge < -0.3 is 4.74 Å². The van der Waals surface area contributed by atoms with Crippen LogP contribution in [0.5, 0.6) is 5.75 Å². The first-order chi connectivity index (χ1) is 12.2. The minimum Gasteiger partial charge on any atom is -0.483 e. The Morgan fingerprint density at radius 2 is 1.69 bits per heavy atom. The van der Waals surface area contributed by atoms with Crippen LogP contribution >= 0.6 is 11.6 Å². The van der Waals surface area contributed by atoms with Crippen LogP contribution in [0.1, 0.15) is 42.3 Å². The minimum absolute atomic E-state index is 0.0142. The number of ether oxygens (including phenoxy) is 1. The van der Waals surface area contributed by atoms with Crippen LogP contribution in [0, 0.1) is 6.92 Å². The van der Waals surface area contributed by atoms with E-state index in [1.54, 1.807) is 30.3 Å². The van der Waals surface area contributed by atoms with Gasteiger partial charge in [-0.15, -0.1) is 0 Å². The Hall–Kier alpha value is -2.53. The average Bonchev–Trinajstić information content (AvgIpc) is 2.58. The lowest BCUT2D eigenvalue weighted by atomic mass is 9.87. The van der Waals surface area contributed by atoms with Gasteiger partial charge in [0.15, 0.2) is 6.61 Å². The van der Waals surface area contributed by atoms with Gasteiger partial charge in [-0.25, -0.2) is 0 Å². The van der Waals surface area contributed by atoms with Crippen LogP contribution in [0.3, 0.4) is 0 Å². The molecule has 6 heteroatoms. The SMILES string of the molecule is Cc1cc(Cl)ccc1OCC(=O)NNC(=O)c1ccc(C(C)(C)C)cc1. The smallest absolute Gasteiger partial charge is 0.276 e. The number of rotatable bonds is 4. The molecule has 0 aliphatic rings. The van der Waals surface area contributed by atoms with E-state index in [4.69, 9.17) is 16.3 Å². The van der Waals surface area contributed by atoms with Crippen molar-refractivity contribution in [3.05, 3.63) is 64.2 Å². The summed E-state index contributed by atoms with van der Waals surface area (Å²) in [7, 11) is 0. The van der Waals surface area contributed by atoms with Gasteiger partial charge in [-0.2, -0.15) is 0 Å². The highest BCUT2D eigenvalue weighted by atomic mass is 35.5. The van der Waals surface area contributed by atoms with Crippen molar-refractivity contribution in [2.24, 2.45) is 0 Å². The van der Waals surface area contributed by atoms with Crippen molar-refractivity contribution in [3.8, 4) is 5.75 Å². The number of carbonyl (C=O) groups is 2. The van der Waals surface area contributed by atoms with Gasteiger partial charge in [0.2, 0.25) is 0 Å². The van der Waals surface area contributed by atoms with E-state index in [9.17, 15) is 9.59 Å². The van der Waals surface area contributed by atoms with Crippen molar-refractivity contribution in [1.82, 2.24) is 10.9 Å². The number of halogens is 1. The maximum atomic E-state index is 12.1. The molecule has 5 nitrogen and oxygen atoms in total. The molecule has 138 valence electrons. The van der Waals surface area contributed by atoms with Gasteiger partial charge >= 0.3 is 0 Å². The summed E-state index contributed by atoms with van der Waals surface area (Å²) in [6.45, 7) is 7.92. The van der Waals surface area contributed by atoms with E-state index in [2.05, 4.69) is 31.6 Å². The third-order valence-corrected chi connectivity index (χ3v) is 4.06. The molecule has 2 aromatic rings. The molecule has 2 N–H and O–H groups in total. The van der Waals surface area contributed by atoms with E-state index in [1.165, 1.54) is 0 Å². The second-order valence-electron chi connectivity index (χ2n) is 7.03. The molecule has 0 fully saturated rings. The number of aryl methyl sites for hydroxylation is 1. The minimum atomic E-state index is -0.459. The van der Waals surface area contributed by atoms with E-state index < -0.39 is 5.91 Å². The first kappa shape index (κ1) is 19.8. The highest BCUT2D eigenvalue weighted by Crippen LogP contribution is 2.22. The summed E-state index contributed by atoms with van der Waals surface area (Å²) in [5, 5.41) is 0.601. The fourth-order valence-electron chi connectivity index (χ4n) is 2.27. The lowest BCUT2D eigenvalue weighted by Crippen LogP contribution is -2.43. The van der Waals surface area contributed by atoms with Crippen molar-refractivity contribution < 1.29 is 14.3 Å². The number of amides is 2. The topological polar surface area (TPSA) is 67.4 Å². The summed E-state index contributed by atoms with van der Waals surface area (Å²) in [6, 6.07) is 12.4. The van der Waals surface area contributed by atoms with Gasteiger partial charge in [-0.3, -0.25) is 20.4 Å². The molecule has 0 heterocycles. The Balaban J connectivity index is 1.84.